The van der Waals surface area contributed by atoms with Crippen LogP contribution in [0.3, 0.4) is 0 Å². The van der Waals surface area contributed by atoms with Crippen LogP contribution in [0.25, 0.3) is 26.1 Å². The van der Waals surface area contributed by atoms with Crippen molar-refractivity contribution in [3.63, 3.8) is 0 Å². The molecule has 0 bridgehead atoms. The molecule has 4 aromatic rings. The van der Waals surface area contributed by atoms with Gasteiger partial charge in [0.2, 0.25) is 11.3 Å². The van der Waals surface area contributed by atoms with Crippen LogP contribution in [0, 0.1) is 0 Å². The minimum atomic E-state index is -1.24. The first-order valence-electron chi connectivity index (χ1n) is 8.35. The first kappa shape index (κ1) is 17.4. The number of rotatable bonds is 5. The molecule has 3 heterocycles. The fraction of sp³-hybridized carbons (Fsp3) is 0.211. The number of pyridine rings is 2. The van der Waals surface area contributed by atoms with Gasteiger partial charge in [0.05, 0.1) is 15.6 Å². The maximum Gasteiger partial charge on any atom is 0.342 e. The summed E-state index contributed by atoms with van der Waals surface area (Å²) in [5, 5.41) is 9.87. The third-order valence-corrected chi connectivity index (χ3v) is 5.41. The zero-order valence-electron chi connectivity index (χ0n) is 14.8. The molecule has 0 aliphatic rings. The predicted molar refractivity (Wildman–Crippen MR) is 105 cm³/mol. The number of nitrogens with zero attached hydrogens (tertiary/aromatic N) is 3. The first-order chi connectivity index (χ1) is 13.0. The van der Waals surface area contributed by atoms with Crippen molar-refractivity contribution >= 4 is 43.4 Å². The number of carbonyl (C=O) groups is 1. The third kappa shape index (κ3) is 2.92. The quantitative estimate of drug-likeness (QED) is 0.570. The van der Waals surface area contributed by atoms with E-state index in [1.54, 1.807) is 16.5 Å². The molecule has 7 nitrogen and oxygen atoms in total. The van der Waals surface area contributed by atoms with Gasteiger partial charge in [-0.3, -0.25) is 9.20 Å². The van der Waals surface area contributed by atoms with Crippen molar-refractivity contribution in [2.45, 2.75) is 0 Å². The number of likely N-dealkylation sites (N-methyl/N-ethyl adjacent to an activating group) is 1. The first-order valence-corrected chi connectivity index (χ1v) is 9.17. The lowest BCUT2D eigenvalue weighted by atomic mass is 10.2. The highest BCUT2D eigenvalue weighted by atomic mass is 32.1. The smallest absolute Gasteiger partial charge is 0.342 e. The summed E-state index contributed by atoms with van der Waals surface area (Å²) in [6.07, 6.45) is 0. The lowest BCUT2D eigenvalue weighted by Gasteiger charge is -2.11. The van der Waals surface area contributed by atoms with Gasteiger partial charge in [0, 0.05) is 12.6 Å². The zero-order valence-corrected chi connectivity index (χ0v) is 15.6. The summed E-state index contributed by atoms with van der Waals surface area (Å²) in [5.74, 6) is -0.840. The molecule has 0 saturated carbocycles. The molecule has 0 aliphatic heterocycles. The number of ether oxygens (including phenoxy) is 1. The van der Waals surface area contributed by atoms with Crippen molar-refractivity contribution in [3.05, 3.63) is 52.2 Å². The van der Waals surface area contributed by atoms with Gasteiger partial charge in [0.1, 0.15) is 17.0 Å². The number of carboxylic acid groups (broad SMARTS) is 1. The Hall–Kier alpha value is -2.97. The second-order valence-corrected chi connectivity index (χ2v) is 7.42. The number of para-hydroxylation sites is 1. The summed E-state index contributed by atoms with van der Waals surface area (Å²) in [4.78, 5) is 31.5. The lowest BCUT2D eigenvalue weighted by Crippen LogP contribution is -2.20. The molecule has 1 N–H and O–H groups in total. The molecule has 0 aliphatic carbocycles. The zero-order chi connectivity index (χ0) is 19.1. The number of thiazole rings is 1. The van der Waals surface area contributed by atoms with Gasteiger partial charge in [0.25, 0.3) is 0 Å². The van der Waals surface area contributed by atoms with Crippen LogP contribution >= 0.6 is 11.3 Å². The summed E-state index contributed by atoms with van der Waals surface area (Å²) in [6.45, 7) is 1.19. The van der Waals surface area contributed by atoms with Gasteiger partial charge in [-0.05, 0) is 32.3 Å². The summed E-state index contributed by atoms with van der Waals surface area (Å²) in [6, 6.07) is 10.7. The van der Waals surface area contributed by atoms with Crippen LogP contribution in [0.2, 0.25) is 0 Å². The maximum absolute atomic E-state index is 12.8. The topological polar surface area (TPSA) is 84.1 Å². The van der Waals surface area contributed by atoms with Crippen LogP contribution in [0.1, 0.15) is 10.4 Å². The fourth-order valence-electron chi connectivity index (χ4n) is 2.97. The predicted octanol–water partition coefficient (Wildman–Crippen LogP) is 2.70. The second-order valence-electron chi connectivity index (χ2n) is 6.39. The average Bonchev–Trinajstić information content (AvgIpc) is 3.00. The van der Waals surface area contributed by atoms with Crippen LogP contribution < -0.4 is 10.2 Å². The van der Waals surface area contributed by atoms with Crippen LogP contribution in [-0.4, -0.2) is 52.6 Å². The van der Waals surface area contributed by atoms with Crippen LogP contribution in [-0.2, 0) is 0 Å². The van der Waals surface area contributed by atoms with Crippen molar-refractivity contribution in [1.82, 2.24) is 14.3 Å². The van der Waals surface area contributed by atoms with Gasteiger partial charge in [-0.2, -0.15) is 4.98 Å². The highest BCUT2D eigenvalue weighted by Gasteiger charge is 2.22. The molecular weight excluding hydrogens is 366 g/mol. The van der Waals surface area contributed by atoms with Crippen LogP contribution in [0.4, 0.5) is 0 Å². The monoisotopic (exact) mass is 383 g/mol. The molecule has 1 aromatic carbocycles. The largest absolute Gasteiger partial charge is 0.477 e. The molecule has 0 saturated heterocycles. The van der Waals surface area contributed by atoms with Crippen LogP contribution in [0.5, 0.6) is 5.88 Å². The third-order valence-electron chi connectivity index (χ3n) is 4.27. The van der Waals surface area contributed by atoms with E-state index in [4.69, 9.17) is 4.74 Å². The van der Waals surface area contributed by atoms with E-state index in [0.29, 0.717) is 23.0 Å². The molecular formula is C19H17N3O4S. The molecule has 0 atom stereocenters. The number of aromatic carboxylic acids is 1. The Balaban J connectivity index is 2.03. The van der Waals surface area contributed by atoms with Gasteiger partial charge in [-0.25, -0.2) is 4.79 Å². The Bertz CT molecular complexity index is 1240. The molecule has 0 fully saturated rings. The molecule has 8 heteroatoms. The summed E-state index contributed by atoms with van der Waals surface area (Å²) in [7, 11) is 3.90. The molecule has 0 radical (unpaired) electrons. The maximum atomic E-state index is 12.8. The van der Waals surface area contributed by atoms with Crippen molar-refractivity contribution in [2.75, 3.05) is 27.2 Å². The van der Waals surface area contributed by atoms with E-state index < -0.39 is 11.4 Å². The molecule has 0 amide bonds. The van der Waals surface area contributed by atoms with Crippen LogP contribution in [0.15, 0.2) is 41.2 Å². The van der Waals surface area contributed by atoms with Gasteiger partial charge < -0.3 is 14.7 Å². The summed E-state index contributed by atoms with van der Waals surface area (Å²) in [5.41, 5.74) is 0.450. The number of benzene rings is 1. The van der Waals surface area contributed by atoms with E-state index >= 15 is 0 Å². The Morgan fingerprint density at radius 2 is 2.04 bits per heavy atom. The average molecular weight is 383 g/mol. The van der Waals surface area contributed by atoms with E-state index in [9.17, 15) is 14.7 Å². The van der Waals surface area contributed by atoms with Gasteiger partial charge >= 0.3 is 5.97 Å². The molecule has 138 valence electrons. The van der Waals surface area contributed by atoms with E-state index in [-0.39, 0.29) is 10.9 Å². The van der Waals surface area contributed by atoms with Gasteiger partial charge in [-0.15, -0.1) is 11.3 Å². The Labute approximate surface area is 158 Å². The van der Waals surface area contributed by atoms with Crippen molar-refractivity contribution in [2.24, 2.45) is 0 Å². The minimum absolute atomic E-state index is 0.230. The highest BCUT2D eigenvalue weighted by molar-refractivity contribution is 7.24. The molecule has 27 heavy (non-hydrogen) atoms. The number of hydrogen-bond acceptors (Lipinski definition) is 6. The number of aromatic nitrogens is 2. The Morgan fingerprint density at radius 3 is 2.78 bits per heavy atom. The second kappa shape index (κ2) is 6.64. The standard InChI is InChI=1S/C19H17N3O4S/c1-21(2)9-10-26-14-8-7-11-16(23)15(19(24)25)18-22(17(11)20-14)12-5-3-4-6-13(12)27-18/h3-8H,9-10H2,1-2H3,(H,24,25). The van der Waals surface area contributed by atoms with Crippen molar-refractivity contribution < 1.29 is 14.6 Å². The van der Waals surface area contributed by atoms with Gasteiger partial charge in [-0.1, -0.05) is 12.1 Å². The summed E-state index contributed by atoms with van der Waals surface area (Å²) < 4.78 is 8.32. The van der Waals surface area contributed by atoms with E-state index in [1.165, 1.54) is 11.3 Å². The lowest BCUT2D eigenvalue weighted by molar-refractivity contribution is 0.0697. The van der Waals surface area contributed by atoms with Gasteiger partial charge in [0.15, 0.2) is 5.65 Å². The Kier molecular flexibility index (Phi) is 4.29. The normalized spacial score (nSPS) is 11.7. The number of fused-ring (bicyclic) bond motifs is 5. The minimum Gasteiger partial charge on any atom is -0.477 e. The van der Waals surface area contributed by atoms with Crippen molar-refractivity contribution in [1.29, 1.82) is 0 Å². The number of carboxylic acids is 1. The SMILES string of the molecule is CN(C)CCOc1ccc2c(=O)c(C(=O)O)c3sc4ccccc4n3c2n1. The fourth-order valence-corrected chi connectivity index (χ4v) is 4.15. The molecule has 0 unspecified atom stereocenters. The van der Waals surface area contributed by atoms with Crippen molar-refractivity contribution in [3.8, 4) is 5.88 Å². The van der Waals surface area contributed by atoms with E-state index in [0.717, 1.165) is 16.8 Å². The molecule has 0 spiro atoms. The molecule has 4 rings (SSSR count). The van der Waals surface area contributed by atoms with E-state index in [1.807, 2.05) is 43.3 Å². The Morgan fingerprint density at radius 1 is 1.26 bits per heavy atom. The summed E-state index contributed by atoms with van der Waals surface area (Å²) >= 11 is 1.27. The number of hydrogen-bond donors (Lipinski definition) is 1. The van der Waals surface area contributed by atoms with E-state index in [2.05, 4.69) is 4.98 Å². The molecule has 3 aromatic heterocycles. The highest BCUT2D eigenvalue weighted by Crippen LogP contribution is 2.31.